The van der Waals surface area contributed by atoms with Crippen molar-refractivity contribution in [2.45, 2.75) is 109 Å². The van der Waals surface area contributed by atoms with Crippen LogP contribution >= 0.6 is 0 Å². The first-order chi connectivity index (χ1) is 11.8. The highest BCUT2D eigenvalue weighted by Crippen LogP contribution is 2.15. The summed E-state index contributed by atoms with van der Waals surface area (Å²) >= 11 is 0. The van der Waals surface area contributed by atoms with Gasteiger partial charge in [-0.1, -0.05) is 84.0 Å². The molecule has 0 spiro atoms. The van der Waals surface area contributed by atoms with Crippen molar-refractivity contribution < 1.29 is 22.9 Å². The molecular weight excluding hydrogens is 342 g/mol. The number of rotatable bonds is 16. The summed E-state index contributed by atoms with van der Waals surface area (Å²) in [6.07, 6.45) is 12.8. The van der Waals surface area contributed by atoms with Crippen molar-refractivity contribution in [2.24, 2.45) is 0 Å². The van der Waals surface area contributed by atoms with Crippen molar-refractivity contribution in [1.82, 2.24) is 5.32 Å². The van der Waals surface area contributed by atoms with Crippen molar-refractivity contribution in [2.75, 3.05) is 0 Å². The number of unbranched alkanes of at least 4 members (excludes halogenated alkanes) is 11. The topological polar surface area (TPSA) is 104 Å². The van der Waals surface area contributed by atoms with E-state index in [9.17, 15) is 13.2 Å². The van der Waals surface area contributed by atoms with E-state index in [-0.39, 0.29) is 6.42 Å². The van der Waals surface area contributed by atoms with Gasteiger partial charge in [0.25, 0.3) is 10.1 Å². The van der Waals surface area contributed by atoms with Gasteiger partial charge in [0.1, 0.15) is 6.23 Å². The van der Waals surface area contributed by atoms with E-state index in [0.29, 0.717) is 6.42 Å². The monoisotopic (exact) mass is 379 g/mol. The zero-order valence-electron chi connectivity index (χ0n) is 15.9. The molecule has 3 N–H and O–H groups in total. The molecule has 0 aromatic heterocycles. The van der Waals surface area contributed by atoms with Crippen LogP contribution in [0.3, 0.4) is 0 Å². The summed E-state index contributed by atoms with van der Waals surface area (Å²) < 4.78 is 31.8. The van der Waals surface area contributed by atoms with Crippen LogP contribution in [0.4, 0.5) is 0 Å². The third-order valence-electron chi connectivity index (χ3n) is 4.32. The number of carbonyl (C=O) groups excluding carboxylic acids is 1. The van der Waals surface area contributed by atoms with E-state index in [1.807, 2.05) is 0 Å². The zero-order chi connectivity index (χ0) is 19.1. The lowest BCUT2D eigenvalue weighted by Gasteiger charge is -2.15. The Morgan fingerprint density at radius 2 is 1.28 bits per heavy atom. The largest absolute Gasteiger partial charge is 0.374 e. The second kappa shape index (κ2) is 14.5. The van der Waals surface area contributed by atoms with Crippen LogP contribution in [0.2, 0.25) is 0 Å². The highest BCUT2D eigenvalue weighted by atomic mass is 32.2. The Kier molecular flexibility index (Phi) is 14.1. The molecular formula is C18H37NO5S. The molecule has 0 heterocycles. The molecule has 6 nitrogen and oxygen atoms in total. The molecule has 0 bridgehead atoms. The minimum Gasteiger partial charge on any atom is -0.374 e. The summed E-state index contributed by atoms with van der Waals surface area (Å²) in [5, 5.41) is 9.73. The Bertz CT molecular complexity index is 437. The van der Waals surface area contributed by atoms with Crippen LogP contribution < -0.4 is 5.32 Å². The lowest BCUT2D eigenvalue weighted by Crippen LogP contribution is -2.43. The van der Waals surface area contributed by atoms with E-state index in [4.69, 9.17) is 9.66 Å². The molecule has 25 heavy (non-hydrogen) atoms. The van der Waals surface area contributed by atoms with Gasteiger partial charge in [0, 0.05) is 0 Å². The van der Waals surface area contributed by atoms with Gasteiger partial charge in [-0.2, -0.15) is 8.42 Å². The van der Waals surface area contributed by atoms with Crippen LogP contribution in [-0.2, 0) is 14.9 Å². The van der Waals surface area contributed by atoms with Crippen LogP contribution in [0.5, 0.6) is 0 Å². The van der Waals surface area contributed by atoms with Gasteiger partial charge in [0.2, 0.25) is 5.91 Å². The van der Waals surface area contributed by atoms with Crippen LogP contribution in [0.15, 0.2) is 0 Å². The molecule has 150 valence electrons. The van der Waals surface area contributed by atoms with Gasteiger partial charge in [-0.05, 0) is 13.3 Å². The van der Waals surface area contributed by atoms with E-state index < -0.39 is 27.5 Å². The minimum atomic E-state index is -4.45. The summed E-state index contributed by atoms with van der Waals surface area (Å²) in [4.78, 5) is 11.7. The molecule has 0 aliphatic heterocycles. The van der Waals surface area contributed by atoms with E-state index >= 15 is 0 Å². The number of nitrogens with one attached hydrogen (secondary N) is 1. The second-order valence-corrected chi connectivity index (χ2v) is 8.46. The summed E-state index contributed by atoms with van der Waals surface area (Å²) in [6.45, 7) is 3.54. The second-order valence-electron chi connectivity index (χ2n) is 6.87. The maximum Gasteiger partial charge on any atom is 0.276 e. The Balaban J connectivity index is 3.74. The molecule has 0 aliphatic rings. The van der Waals surface area contributed by atoms with Crippen LogP contribution in [0.1, 0.15) is 97.3 Å². The molecule has 1 amide bonds. The van der Waals surface area contributed by atoms with Crippen LogP contribution in [0.25, 0.3) is 0 Å². The highest BCUT2D eigenvalue weighted by Gasteiger charge is 2.30. The molecule has 0 saturated heterocycles. The Hall–Kier alpha value is -0.660. The molecule has 0 rings (SSSR count). The summed E-state index contributed by atoms with van der Waals surface area (Å²) in [7, 11) is -4.45. The zero-order valence-corrected chi connectivity index (χ0v) is 16.7. The predicted molar refractivity (Wildman–Crippen MR) is 101 cm³/mol. The first kappa shape index (κ1) is 24.3. The lowest BCUT2D eigenvalue weighted by molar-refractivity contribution is -0.123. The molecule has 0 fully saturated rings. The predicted octanol–water partition coefficient (Wildman–Crippen LogP) is 3.79. The van der Waals surface area contributed by atoms with Gasteiger partial charge in [-0.3, -0.25) is 9.35 Å². The fourth-order valence-corrected chi connectivity index (χ4v) is 3.69. The summed E-state index contributed by atoms with van der Waals surface area (Å²) in [5.41, 5.74) is 0. The Morgan fingerprint density at radius 3 is 1.64 bits per heavy atom. The first-order valence-electron chi connectivity index (χ1n) is 9.73. The van der Waals surface area contributed by atoms with Gasteiger partial charge < -0.3 is 10.4 Å². The number of hydrogen-bond donors (Lipinski definition) is 3. The number of amides is 1. The van der Waals surface area contributed by atoms with Crippen LogP contribution in [-0.4, -0.2) is 35.5 Å². The SMILES string of the molecule is CCCCCCCCCCCCCCC(C(=O)NC(C)O)S(=O)(=O)O. The van der Waals surface area contributed by atoms with Gasteiger partial charge in [-0.25, -0.2) is 0 Å². The third kappa shape index (κ3) is 14.2. The normalized spacial score (nSPS) is 14.2. The molecule has 0 radical (unpaired) electrons. The molecule has 2 unspecified atom stereocenters. The first-order valence-corrected chi connectivity index (χ1v) is 11.2. The molecule has 0 saturated carbocycles. The Morgan fingerprint density at radius 1 is 0.880 bits per heavy atom. The van der Waals surface area contributed by atoms with Crippen molar-refractivity contribution in [3.63, 3.8) is 0 Å². The summed E-state index contributed by atoms with van der Waals surface area (Å²) in [5.74, 6) is -0.847. The maximum absolute atomic E-state index is 11.7. The molecule has 2 atom stereocenters. The molecule has 0 aromatic rings. The van der Waals surface area contributed by atoms with Crippen molar-refractivity contribution in [1.29, 1.82) is 0 Å². The van der Waals surface area contributed by atoms with E-state index in [1.54, 1.807) is 0 Å². The highest BCUT2D eigenvalue weighted by molar-refractivity contribution is 7.87. The van der Waals surface area contributed by atoms with Crippen LogP contribution in [0, 0.1) is 0 Å². The minimum absolute atomic E-state index is 0.0782. The number of aliphatic hydroxyl groups is 1. The molecule has 0 aliphatic carbocycles. The fourth-order valence-electron chi connectivity index (χ4n) is 2.88. The third-order valence-corrected chi connectivity index (χ3v) is 5.49. The van der Waals surface area contributed by atoms with E-state index in [1.165, 1.54) is 58.3 Å². The number of carbonyl (C=O) groups is 1. The number of hydrogen-bond acceptors (Lipinski definition) is 4. The van der Waals surface area contributed by atoms with Crippen molar-refractivity contribution in [3.05, 3.63) is 0 Å². The Labute approximate surface area is 153 Å². The van der Waals surface area contributed by atoms with Gasteiger partial charge in [0.05, 0.1) is 0 Å². The van der Waals surface area contributed by atoms with Gasteiger partial charge in [-0.15, -0.1) is 0 Å². The molecule has 7 heteroatoms. The number of aliphatic hydroxyl groups excluding tert-OH is 1. The fraction of sp³-hybridized carbons (Fsp3) is 0.944. The average Bonchev–Trinajstić information content (AvgIpc) is 2.49. The lowest BCUT2D eigenvalue weighted by atomic mass is 10.0. The smallest absolute Gasteiger partial charge is 0.276 e. The molecule has 0 aromatic carbocycles. The van der Waals surface area contributed by atoms with Gasteiger partial charge >= 0.3 is 0 Å². The summed E-state index contributed by atoms with van der Waals surface area (Å²) in [6, 6.07) is 0. The van der Waals surface area contributed by atoms with E-state index in [2.05, 4.69) is 12.2 Å². The standard InChI is InChI=1S/C18H37NO5S/c1-3-4-5-6-7-8-9-10-11-12-13-14-15-17(25(22,23)24)18(21)19-16(2)20/h16-17,20H,3-15H2,1-2H3,(H,19,21)(H,22,23,24). The van der Waals surface area contributed by atoms with Crippen molar-refractivity contribution >= 4 is 16.0 Å². The maximum atomic E-state index is 11.7. The van der Waals surface area contributed by atoms with Crippen molar-refractivity contribution in [3.8, 4) is 0 Å². The average molecular weight is 380 g/mol. The quantitative estimate of drug-likeness (QED) is 0.215. The van der Waals surface area contributed by atoms with Gasteiger partial charge in [0.15, 0.2) is 5.25 Å². The van der Waals surface area contributed by atoms with E-state index in [0.717, 1.165) is 19.3 Å².